The molecular weight excluding hydrogens is 682 g/mol. The van der Waals surface area contributed by atoms with Crippen molar-refractivity contribution >= 4 is 22.2 Å². The predicted octanol–water partition coefficient (Wildman–Crippen LogP) is 3.97. The highest BCUT2D eigenvalue weighted by Gasteiger charge is 2.44. The summed E-state index contributed by atoms with van der Waals surface area (Å²) in [6.07, 6.45) is 0.698. The first-order chi connectivity index (χ1) is 24.4. The first-order valence-corrected chi connectivity index (χ1v) is 18.7. The Morgan fingerprint density at radius 1 is 1.12 bits per heavy atom. The lowest BCUT2D eigenvalue weighted by molar-refractivity contribution is -0.0907. The Morgan fingerprint density at radius 2 is 1.90 bits per heavy atom. The summed E-state index contributed by atoms with van der Waals surface area (Å²) >= 11 is 0. The van der Waals surface area contributed by atoms with Crippen molar-refractivity contribution in [3.8, 4) is 11.5 Å². The van der Waals surface area contributed by atoms with E-state index in [9.17, 15) is 23.1 Å². The molecule has 0 aromatic heterocycles. The molecule has 3 heterocycles. The van der Waals surface area contributed by atoms with Crippen LogP contribution in [0, 0.1) is 11.3 Å². The Morgan fingerprint density at radius 3 is 2.69 bits per heavy atom. The Hall–Kier alpha value is -3.89. The molecule has 51 heavy (non-hydrogen) atoms. The molecule has 3 N–H and O–H groups in total. The lowest BCUT2D eigenvalue weighted by atomic mass is 9.87. The van der Waals surface area contributed by atoms with Crippen LogP contribution in [-0.4, -0.2) is 101 Å². The van der Waals surface area contributed by atoms with Gasteiger partial charge in [0.25, 0.3) is 0 Å². The minimum absolute atomic E-state index is 0.0194. The van der Waals surface area contributed by atoms with Crippen molar-refractivity contribution < 1.29 is 51.5 Å². The van der Waals surface area contributed by atoms with Crippen LogP contribution in [-0.2, 0) is 35.4 Å². The number of aliphatic hydroxyl groups is 1. The van der Waals surface area contributed by atoms with Gasteiger partial charge < -0.3 is 44.2 Å². The summed E-state index contributed by atoms with van der Waals surface area (Å²) in [5.74, 6) is 0.667. The fourth-order valence-electron chi connectivity index (χ4n) is 6.39. The van der Waals surface area contributed by atoms with Gasteiger partial charge in [0.2, 0.25) is 16.8 Å². The van der Waals surface area contributed by atoms with Crippen molar-refractivity contribution in [2.45, 2.75) is 75.4 Å². The molecule has 280 valence electrons. The molecule has 0 spiro atoms. The van der Waals surface area contributed by atoms with Crippen molar-refractivity contribution in [2.75, 3.05) is 46.2 Å². The van der Waals surface area contributed by atoms with Gasteiger partial charge >= 0.3 is 12.2 Å². The average Bonchev–Trinajstić information content (AvgIpc) is 3.85. The molecule has 14 nitrogen and oxygen atoms in total. The van der Waals surface area contributed by atoms with E-state index >= 15 is 0 Å². The Kier molecular flexibility index (Phi) is 13.2. The van der Waals surface area contributed by atoms with E-state index in [0.717, 1.165) is 5.56 Å². The van der Waals surface area contributed by atoms with Crippen LogP contribution in [0.5, 0.6) is 11.5 Å². The standard InChI is InChI=1S/C36H49N3O11S/c1-4-5-17-46-34(41)37-16-9-15-36(2,3)23-39(51(43,44)26-12-13-30-31(20-26)49-24-48-30)21-29(40)28(19-25-10-7-6-8-11-25)38-35(42)50-32-22-47-33-27(32)14-18-45-33/h4,6-8,10-13,20,27-29,32-33,40H,1,5,9,14-19,21-24H2,2-3H3,(H,37,41)(H,38,42)/t27-,28-,29+,32-,33+/m0/s1. The number of fused-ring (bicyclic) bond motifs is 2. The molecule has 3 aliphatic rings. The highest BCUT2D eigenvalue weighted by molar-refractivity contribution is 7.89. The molecule has 2 aromatic carbocycles. The molecular formula is C36H49N3O11S. The third-order valence-electron chi connectivity index (χ3n) is 9.14. The first kappa shape index (κ1) is 38.3. The number of alkyl carbamates (subject to hydrolysis) is 2. The quantitative estimate of drug-likeness (QED) is 0.150. The van der Waals surface area contributed by atoms with E-state index in [-0.39, 0.29) is 50.3 Å². The van der Waals surface area contributed by atoms with Gasteiger partial charge in [-0.25, -0.2) is 18.0 Å². The van der Waals surface area contributed by atoms with E-state index < -0.39 is 52.2 Å². The van der Waals surface area contributed by atoms with Gasteiger partial charge in [-0.05, 0) is 55.2 Å². The Labute approximate surface area is 299 Å². The van der Waals surface area contributed by atoms with Crippen LogP contribution in [0.3, 0.4) is 0 Å². The Bertz CT molecular complexity index is 1590. The zero-order chi connectivity index (χ0) is 36.4. The molecule has 2 aromatic rings. The van der Waals surface area contributed by atoms with Crippen LogP contribution < -0.4 is 20.1 Å². The number of ether oxygens (including phenoxy) is 6. The maximum atomic E-state index is 14.3. The van der Waals surface area contributed by atoms with E-state index in [4.69, 9.17) is 28.4 Å². The number of hydrogen-bond donors (Lipinski definition) is 3. The minimum atomic E-state index is -4.21. The molecule has 0 aliphatic carbocycles. The van der Waals surface area contributed by atoms with Crippen molar-refractivity contribution in [1.82, 2.24) is 14.9 Å². The van der Waals surface area contributed by atoms with E-state index in [1.165, 1.54) is 22.5 Å². The van der Waals surface area contributed by atoms with Gasteiger partial charge in [0, 0.05) is 25.7 Å². The SMILES string of the molecule is C=CCCOC(=O)NCCCC(C)(C)CN(C[C@@H](O)[C@H](Cc1ccccc1)NC(=O)O[C@H]1CO[C@H]2OCC[C@H]21)S(=O)(=O)c1ccc2c(c1)OCO2. The molecule has 0 radical (unpaired) electrons. The number of rotatable bonds is 18. The average molecular weight is 732 g/mol. The number of benzene rings is 2. The predicted molar refractivity (Wildman–Crippen MR) is 186 cm³/mol. The second-order valence-corrected chi connectivity index (χ2v) is 15.6. The molecule has 0 unspecified atom stereocenters. The Balaban J connectivity index is 1.32. The van der Waals surface area contributed by atoms with Crippen LogP contribution in [0.4, 0.5) is 9.59 Å². The second kappa shape index (κ2) is 17.6. The summed E-state index contributed by atoms with van der Waals surface area (Å²) in [7, 11) is -4.21. The number of nitrogens with one attached hydrogen (secondary N) is 2. The van der Waals surface area contributed by atoms with Gasteiger partial charge in [-0.15, -0.1) is 6.58 Å². The van der Waals surface area contributed by atoms with E-state index in [0.29, 0.717) is 50.3 Å². The summed E-state index contributed by atoms with van der Waals surface area (Å²) in [6.45, 7) is 8.41. The third kappa shape index (κ3) is 10.6. The smallest absolute Gasteiger partial charge is 0.407 e. The fourth-order valence-corrected chi connectivity index (χ4v) is 8.05. The monoisotopic (exact) mass is 731 g/mol. The zero-order valence-corrected chi connectivity index (χ0v) is 30.0. The van der Waals surface area contributed by atoms with Crippen LogP contribution in [0.25, 0.3) is 0 Å². The molecule has 2 saturated heterocycles. The van der Waals surface area contributed by atoms with Crippen molar-refractivity contribution in [2.24, 2.45) is 11.3 Å². The largest absolute Gasteiger partial charge is 0.454 e. The number of aliphatic hydroxyl groups excluding tert-OH is 1. The molecule has 5 rings (SSSR count). The molecule has 5 atom stereocenters. The molecule has 2 amide bonds. The van der Waals surface area contributed by atoms with Gasteiger partial charge in [-0.2, -0.15) is 4.31 Å². The topological polar surface area (TPSA) is 171 Å². The normalized spacial score (nSPS) is 20.7. The fraction of sp³-hybridized carbons (Fsp3) is 0.556. The van der Waals surface area contributed by atoms with Gasteiger partial charge in [0.15, 0.2) is 17.8 Å². The summed E-state index contributed by atoms with van der Waals surface area (Å²) in [4.78, 5) is 25.2. The van der Waals surface area contributed by atoms with E-state index in [2.05, 4.69) is 17.2 Å². The summed E-state index contributed by atoms with van der Waals surface area (Å²) in [5, 5.41) is 17.3. The minimum Gasteiger partial charge on any atom is -0.454 e. The second-order valence-electron chi connectivity index (χ2n) is 13.7. The lowest BCUT2D eigenvalue weighted by Crippen LogP contribution is -2.52. The van der Waals surface area contributed by atoms with Crippen molar-refractivity contribution in [3.05, 3.63) is 66.7 Å². The van der Waals surface area contributed by atoms with Crippen LogP contribution in [0.1, 0.15) is 45.1 Å². The van der Waals surface area contributed by atoms with E-state index in [1.807, 2.05) is 44.2 Å². The molecule has 2 fully saturated rings. The van der Waals surface area contributed by atoms with Gasteiger partial charge in [-0.3, -0.25) is 0 Å². The number of nitrogens with zero attached hydrogens (tertiary/aromatic N) is 1. The van der Waals surface area contributed by atoms with Crippen LogP contribution in [0.2, 0.25) is 0 Å². The van der Waals surface area contributed by atoms with Crippen molar-refractivity contribution in [3.63, 3.8) is 0 Å². The molecule has 0 saturated carbocycles. The molecule has 0 bridgehead atoms. The number of hydrogen-bond acceptors (Lipinski definition) is 11. The first-order valence-electron chi connectivity index (χ1n) is 17.3. The molecule has 15 heteroatoms. The summed E-state index contributed by atoms with van der Waals surface area (Å²) < 4.78 is 62.7. The van der Waals surface area contributed by atoms with Gasteiger partial charge in [0.05, 0.1) is 42.8 Å². The summed E-state index contributed by atoms with van der Waals surface area (Å²) in [5.41, 5.74) is 0.234. The van der Waals surface area contributed by atoms with Gasteiger partial charge in [0.1, 0.15) is 6.10 Å². The lowest BCUT2D eigenvalue weighted by Gasteiger charge is -2.35. The molecule has 3 aliphatic heterocycles. The van der Waals surface area contributed by atoms with Crippen LogP contribution >= 0.6 is 0 Å². The van der Waals surface area contributed by atoms with Gasteiger partial charge in [-0.1, -0.05) is 50.3 Å². The number of sulfonamides is 1. The highest BCUT2D eigenvalue weighted by Crippen LogP contribution is 2.36. The van der Waals surface area contributed by atoms with Crippen molar-refractivity contribution in [1.29, 1.82) is 0 Å². The highest BCUT2D eigenvalue weighted by atomic mass is 32.2. The zero-order valence-electron chi connectivity index (χ0n) is 29.2. The maximum absolute atomic E-state index is 14.3. The number of carbonyl (C=O) groups is 2. The summed E-state index contributed by atoms with van der Waals surface area (Å²) in [6, 6.07) is 12.8. The number of carbonyl (C=O) groups excluding carboxylic acids is 2. The van der Waals surface area contributed by atoms with E-state index in [1.54, 1.807) is 6.08 Å². The number of amides is 2. The van der Waals surface area contributed by atoms with Crippen LogP contribution in [0.15, 0.2) is 66.1 Å². The third-order valence-corrected chi connectivity index (χ3v) is 10.9. The maximum Gasteiger partial charge on any atom is 0.407 e.